The zero-order valence-electron chi connectivity index (χ0n) is 10.0. The molecular formula is C11H24ClO2P. The zero-order valence-corrected chi connectivity index (χ0v) is 11.7. The van der Waals surface area contributed by atoms with Gasteiger partial charge in [0.25, 0.3) is 6.72 Å². The van der Waals surface area contributed by atoms with E-state index in [-0.39, 0.29) is 0 Å². The fourth-order valence-corrected chi connectivity index (χ4v) is 2.67. The lowest BCUT2D eigenvalue weighted by atomic mass is 10.1. The van der Waals surface area contributed by atoms with Gasteiger partial charge in [0.2, 0.25) is 0 Å². The van der Waals surface area contributed by atoms with Gasteiger partial charge in [-0.1, -0.05) is 51.9 Å². The lowest BCUT2D eigenvalue weighted by Gasteiger charge is -2.07. The van der Waals surface area contributed by atoms with Crippen molar-refractivity contribution in [3.8, 4) is 0 Å². The summed E-state index contributed by atoms with van der Waals surface area (Å²) in [6, 6.07) is 0. The van der Waals surface area contributed by atoms with Gasteiger partial charge in [-0.25, -0.2) is 0 Å². The molecule has 0 aromatic rings. The molecule has 2 nitrogen and oxygen atoms in total. The molecule has 0 aliphatic heterocycles. The highest BCUT2D eigenvalue weighted by molar-refractivity contribution is 7.85. The van der Waals surface area contributed by atoms with Crippen LogP contribution in [0.15, 0.2) is 0 Å². The van der Waals surface area contributed by atoms with E-state index in [9.17, 15) is 4.57 Å². The third-order valence-corrected chi connectivity index (χ3v) is 4.87. The number of hydrogen-bond acceptors (Lipinski definition) is 2. The zero-order chi connectivity index (χ0) is 11.6. The van der Waals surface area contributed by atoms with Crippen molar-refractivity contribution in [2.45, 2.75) is 58.3 Å². The maximum absolute atomic E-state index is 11.3. The molecule has 0 aromatic heterocycles. The van der Waals surface area contributed by atoms with Crippen molar-refractivity contribution < 1.29 is 9.09 Å². The van der Waals surface area contributed by atoms with Crippen LogP contribution >= 0.6 is 18.0 Å². The molecule has 0 aliphatic rings. The van der Waals surface area contributed by atoms with E-state index in [1.165, 1.54) is 45.6 Å². The molecule has 0 fully saturated rings. The Morgan fingerprint density at radius 1 is 1.00 bits per heavy atom. The summed E-state index contributed by atoms with van der Waals surface area (Å²) in [5, 5.41) is 0. The predicted molar refractivity (Wildman–Crippen MR) is 67.9 cm³/mol. The van der Waals surface area contributed by atoms with Crippen LogP contribution in [0.4, 0.5) is 0 Å². The molecule has 0 aromatic carbocycles. The highest BCUT2D eigenvalue weighted by Gasteiger charge is 2.15. The minimum absolute atomic E-state index is 0.514. The maximum atomic E-state index is 11.3. The Morgan fingerprint density at radius 2 is 1.47 bits per heavy atom. The van der Waals surface area contributed by atoms with E-state index in [0.29, 0.717) is 6.16 Å². The Bertz CT molecular complexity index is 185. The van der Waals surface area contributed by atoms with Gasteiger partial charge in [-0.15, -0.1) is 0 Å². The van der Waals surface area contributed by atoms with E-state index in [2.05, 4.69) is 6.92 Å². The molecule has 0 radical (unpaired) electrons. The third-order valence-electron chi connectivity index (χ3n) is 2.55. The van der Waals surface area contributed by atoms with Crippen LogP contribution in [0.3, 0.4) is 0 Å². The second-order valence-corrected chi connectivity index (χ2v) is 7.51. The van der Waals surface area contributed by atoms with E-state index in [1.54, 1.807) is 0 Å². The summed E-state index contributed by atoms with van der Waals surface area (Å²) in [6.45, 7) is -0.542. The molecule has 0 saturated carbocycles. The van der Waals surface area contributed by atoms with Gasteiger partial charge in [0, 0.05) is 13.3 Å². The lowest BCUT2D eigenvalue weighted by molar-refractivity contribution is 0.406. The van der Waals surface area contributed by atoms with Crippen LogP contribution in [0.5, 0.6) is 0 Å². The van der Waals surface area contributed by atoms with Gasteiger partial charge in [-0.05, 0) is 17.7 Å². The van der Waals surface area contributed by atoms with Crippen LogP contribution in [0, 0.1) is 0 Å². The normalized spacial score (nSPS) is 15.1. The van der Waals surface area contributed by atoms with Crippen molar-refractivity contribution in [1.82, 2.24) is 0 Å². The highest BCUT2D eigenvalue weighted by Crippen LogP contribution is 2.52. The smallest absolute Gasteiger partial charge is 0.289 e. The van der Waals surface area contributed by atoms with Crippen molar-refractivity contribution in [2.24, 2.45) is 0 Å². The Kier molecular flexibility index (Phi) is 10.00. The van der Waals surface area contributed by atoms with Crippen molar-refractivity contribution in [3.63, 3.8) is 0 Å². The lowest BCUT2D eigenvalue weighted by Crippen LogP contribution is -1.87. The first-order chi connectivity index (χ1) is 7.12. The highest BCUT2D eigenvalue weighted by atomic mass is 35.7. The summed E-state index contributed by atoms with van der Waals surface area (Å²) in [5.74, 6) is 0. The second-order valence-electron chi connectivity index (χ2n) is 3.97. The average molecular weight is 255 g/mol. The molecule has 0 heterocycles. The van der Waals surface area contributed by atoms with Crippen molar-refractivity contribution in [1.29, 1.82) is 0 Å². The van der Waals surface area contributed by atoms with Gasteiger partial charge in [0.15, 0.2) is 0 Å². The number of unbranched alkanes of at least 4 members (excludes halogenated alkanes) is 7. The quantitative estimate of drug-likeness (QED) is 0.395. The van der Waals surface area contributed by atoms with E-state index in [0.717, 1.165) is 12.8 Å². The molecular weight excluding hydrogens is 231 g/mol. The Labute approximate surface area is 99.0 Å². The van der Waals surface area contributed by atoms with Crippen molar-refractivity contribution in [2.75, 3.05) is 13.3 Å². The Balaban J connectivity index is 3.15. The Morgan fingerprint density at radius 3 is 1.93 bits per heavy atom. The van der Waals surface area contributed by atoms with Gasteiger partial charge in [-0.2, -0.15) is 0 Å². The number of rotatable bonds is 10. The summed E-state index contributed by atoms with van der Waals surface area (Å²) >= 11 is 5.64. The summed E-state index contributed by atoms with van der Waals surface area (Å²) in [5.41, 5.74) is 0. The molecule has 0 spiro atoms. The SMILES string of the molecule is CCCCCCCCCCP(=O)(Cl)OC. The fraction of sp³-hybridized carbons (Fsp3) is 1.00. The molecule has 0 N–H and O–H groups in total. The number of halogens is 1. The summed E-state index contributed by atoms with van der Waals surface area (Å²) in [6.07, 6.45) is 10.4. The van der Waals surface area contributed by atoms with E-state index in [1.807, 2.05) is 0 Å². The average Bonchev–Trinajstić information content (AvgIpc) is 2.22. The molecule has 0 aliphatic carbocycles. The van der Waals surface area contributed by atoms with Gasteiger partial charge in [0.1, 0.15) is 0 Å². The van der Waals surface area contributed by atoms with E-state index in [4.69, 9.17) is 15.8 Å². The first-order valence-corrected chi connectivity index (χ1v) is 8.68. The predicted octanol–water partition coefficient (Wildman–Crippen LogP) is 5.21. The third kappa shape index (κ3) is 10.8. The molecule has 0 rings (SSSR count). The van der Waals surface area contributed by atoms with Crippen LogP contribution in [0.2, 0.25) is 0 Å². The van der Waals surface area contributed by atoms with Crippen LogP contribution in [0.1, 0.15) is 58.3 Å². The number of hydrogen-bond donors (Lipinski definition) is 0. The first-order valence-electron chi connectivity index (χ1n) is 5.97. The Hall–Kier alpha value is 0.480. The van der Waals surface area contributed by atoms with Crippen molar-refractivity contribution >= 4 is 18.0 Å². The minimum atomic E-state index is -2.77. The van der Waals surface area contributed by atoms with E-state index < -0.39 is 6.72 Å². The molecule has 1 atom stereocenters. The van der Waals surface area contributed by atoms with Crippen molar-refractivity contribution in [3.05, 3.63) is 0 Å². The second kappa shape index (κ2) is 9.69. The van der Waals surface area contributed by atoms with E-state index >= 15 is 0 Å². The van der Waals surface area contributed by atoms with Gasteiger partial charge in [0.05, 0.1) is 0 Å². The van der Waals surface area contributed by atoms with Crippen LogP contribution in [0.25, 0.3) is 0 Å². The molecule has 15 heavy (non-hydrogen) atoms. The monoisotopic (exact) mass is 254 g/mol. The topological polar surface area (TPSA) is 26.3 Å². The largest absolute Gasteiger partial charge is 0.321 e. The van der Waals surface area contributed by atoms with Crippen LogP contribution < -0.4 is 0 Å². The molecule has 0 bridgehead atoms. The summed E-state index contributed by atoms with van der Waals surface area (Å²) in [7, 11) is 1.42. The fourth-order valence-electron chi connectivity index (χ4n) is 1.53. The van der Waals surface area contributed by atoms with Crippen LogP contribution in [-0.4, -0.2) is 13.3 Å². The molecule has 92 valence electrons. The molecule has 0 amide bonds. The summed E-state index contributed by atoms with van der Waals surface area (Å²) < 4.78 is 16.0. The van der Waals surface area contributed by atoms with Gasteiger partial charge in [-0.3, -0.25) is 4.57 Å². The minimum Gasteiger partial charge on any atom is -0.321 e. The standard InChI is InChI=1S/C11H24ClO2P/c1-3-4-5-6-7-8-9-10-11-15(12,13)14-2/h3-11H2,1-2H3. The van der Waals surface area contributed by atoms with Gasteiger partial charge < -0.3 is 4.52 Å². The van der Waals surface area contributed by atoms with Crippen LogP contribution in [-0.2, 0) is 9.09 Å². The summed E-state index contributed by atoms with van der Waals surface area (Å²) in [4.78, 5) is 0. The first kappa shape index (κ1) is 15.5. The maximum Gasteiger partial charge on any atom is 0.289 e. The molecule has 0 saturated heterocycles. The van der Waals surface area contributed by atoms with Gasteiger partial charge >= 0.3 is 0 Å². The molecule has 1 unspecified atom stereocenters. The molecule has 4 heteroatoms.